The molecule has 5 nitrogen and oxygen atoms in total. The zero-order valence-electron chi connectivity index (χ0n) is 12.0. The van der Waals surface area contributed by atoms with Gasteiger partial charge in [-0.2, -0.15) is 4.31 Å². The molecule has 1 N–H and O–H groups in total. The van der Waals surface area contributed by atoms with Gasteiger partial charge in [0, 0.05) is 26.2 Å². The smallest absolute Gasteiger partial charge is 0.243 e. The van der Waals surface area contributed by atoms with Crippen LogP contribution >= 0.6 is 0 Å². The van der Waals surface area contributed by atoms with Crippen molar-refractivity contribution >= 4 is 10.0 Å². The van der Waals surface area contributed by atoms with Crippen LogP contribution in [-0.2, 0) is 21.3 Å². The average Bonchev–Trinajstić information content (AvgIpc) is 2.65. The lowest BCUT2D eigenvalue weighted by molar-refractivity contribution is 0.0752. The predicted octanol–water partition coefficient (Wildman–Crippen LogP) is 1.21. The molecule has 0 aliphatic carbocycles. The van der Waals surface area contributed by atoms with Gasteiger partial charge in [-0.05, 0) is 32.0 Å². The van der Waals surface area contributed by atoms with Crippen LogP contribution in [0.3, 0.4) is 0 Å². The number of benzene rings is 1. The molecular formula is C14H22N2O3S. The first-order valence-corrected chi connectivity index (χ1v) is 8.34. The Morgan fingerprint density at radius 2 is 2.15 bits per heavy atom. The van der Waals surface area contributed by atoms with Crippen molar-refractivity contribution in [3.63, 3.8) is 0 Å². The molecule has 1 aromatic carbocycles. The first kappa shape index (κ1) is 15.4. The average molecular weight is 298 g/mol. The third kappa shape index (κ3) is 3.38. The molecule has 0 radical (unpaired) electrons. The highest BCUT2D eigenvalue weighted by atomic mass is 32.2. The lowest BCUT2D eigenvalue weighted by Gasteiger charge is -2.23. The number of sulfonamides is 1. The molecule has 1 aliphatic rings. The molecule has 0 aromatic heterocycles. The van der Waals surface area contributed by atoms with E-state index in [1.807, 2.05) is 26.1 Å². The van der Waals surface area contributed by atoms with Crippen LogP contribution in [-0.4, -0.2) is 45.6 Å². The molecule has 1 atom stereocenters. The maximum Gasteiger partial charge on any atom is 0.243 e. The van der Waals surface area contributed by atoms with Crippen molar-refractivity contribution in [1.29, 1.82) is 0 Å². The van der Waals surface area contributed by atoms with Crippen LogP contribution in [0.5, 0.6) is 0 Å². The Balaban J connectivity index is 2.34. The molecule has 1 aliphatic heterocycles. The van der Waals surface area contributed by atoms with E-state index in [9.17, 15) is 8.42 Å². The predicted molar refractivity (Wildman–Crippen MR) is 78.0 cm³/mol. The standard InChI is InChI=1S/C14H22N2O3S/c1-12-11-16(8-5-9-19-12)20(17,18)14-7-4-3-6-13(14)10-15-2/h3-4,6-7,12,15H,5,8-11H2,1-2H3. The number of hydrogen-bond donors (Lipinski definition) is 1. The minimum atomic E-state index is -3.46. The second kappa shape index (κ2) is 6.67. The van der Waals surface area contributed by atoms with Crippen LogP contribution in [0.2, 0.25) is 0 Å². The van der Waals surface area contributed by atoms with Crippen molar-refractivity contribution in [3.05, 3.63) is 29.8 Å². The SMILES string of the molecule is CNCc1ccccc1S(=O)(=O)N1CCCOC(C)C1. The van der Waals surface area contributed by atoms with E-state index in [4.69, 9.17) is 4.74 Å². The molecule has 1 fully saturated rings. The lowest BCUT2D eigenvalue weighted by atomic mass is 10.2. The van der Waals surface area contributed by atoms with E-state index in [2.05, 4.69) is 5.32 Å². The van der Waals surface area contributed by atoms with E-state index in [1.54, 1.807) is 16.4 Å². The fraction of sp³-hybridized carbons (Fsp3) is 0.571. The summed E-state index contributed by atoms with van der Waals surface area (Å²) in [7, 11) is -1.65. The van der Waals surface area contributed by atoms with E-state index in [-0.39, 0.29) is 6.10 Å². The highest BCUT2D eigenvalue weighted by molar-refractivity contribution is 7.89. The van der Waals surface area contributed by atoms with Gasteiger partial charge in [-0.25, -0.2) is 8.42 Å². The fourth-order valence-electron chi connectivity index (χ4n) is 2.41. The first-order chi connectivity index (χ1) is 9.55. The Labute approximate surface area is 121 Å². The summed E-state index contributed by atoms with van der Waals surface area (Å²) in [6.45, 7) is 3.99. The van der Waals surface area contributed by atoms with E-state index in [0.717, 1.165) is 12.0 Å². The topological polar surface area (TPSA) is 58.6 Å². The van der Waals surface area contributed by atoms with Gasteiger partial charge < -0.3 is 10.1 Å². The molecule has 1 heterocycles. The molecule has 1 unspecified atom stereocenters. The van der Waals surface area contributed by atoms with Crippen molar-refractivity contribution in [2.24, 2.45) is 0 Å². The normalized spacial score (nSPS) is 21.6. The Bertz CT molecular complexity index is 545. The van der Waals surface area contributed by atoms with E-state index >= 15 is 0 Å². The lowest BCUT2D eigenvalue weighted by Crippen LogP contribution is -2.36. The van der Waals surface area contributed by atoms with Gasteiger partial charge in [-0.15, -0.1) is 0 Å². The molecule has 112 valence electrons. The number of hydrogen-bond acceptors (Lipinski definition) is 4. The second-order valence-electron chi connectivity index (χ2n) is 5.04. The molecular weight excluding hydrogens is 276 g/mol. The molecule has 0 amide bonds. The van der Waals surface area contributed by atoms with Crippen molar-refractivity contribution < 1.29 is 13.2 Å². The maximum atomic E-state index is 12.8. The van der Waals surface area contributed by atoms with E-state index in [1.165, 1.54) is 0 Å². The van der Waals surface area contributed by atoms with Crippen molar-refractivity contribution in [3.8, 4) is 0 Å². The third-order valence-electron chi connectivity index (χ3n) is 3.37. The van der Waals surface area contributed by atoms with Crippen LogP contribution in [0.15, 0.2) is 29.2 Å². The summed E-state index contributed by atoms with van der Waals surface area (Å²) in [5.41, 5.74) is 0.799. The van der Waals surface area contributed by atoms with E-state index in [0.29, 0.717) is 31.1 Å². The number of nitrogens with one attached hydrogen (secondary N) is 1. The molecule has 0 bridgehead atoms. The monoisotopic (exact) mass is 298 g/mol. The van der Waals surface area contributed by atoms with Gasteiger partial charge in [0.25, 0.3) is 0 Å². The summed E-state index contributed by atoms with van der Waals surface area (Å²) in [5, 5.41) is 3.01. The summed E-state index contributed by atoms with van der Waals surface area (Å²) in [6.07, 6.45) is 0.668. The molecule has 1 saturated heterocycles. The van der Waals surface area contributed by atoms with Gasteiger partial charge >= 0.3 is 0 Å². The highest BCUT2D eigenvalue weighted by Gasteiger charge is 2.29. The van der Waals surface area contributed by atoms with Crippen LogP contribution in [0.4, 0.5) is 0 Å². The first-order valence-electron chi connectivity index (χ1n) is 6.90. The van der Waals surface area contributed by atoms with Crippen molar-refractivity contribution in [2.75, 3.05) is 26.7 Å². The molecule has 20 heavy (non-hydrogen) atoms. The quantitative estimate of drug-likeness (QED) is 0.907. The molecule has 0 spiro atoms. The summed E-state index contributed by atoms with van der Waals surface area (Å²) in [6, 6.07) is 7.16. The zero-order chi connectivity index (χ0) is 14.6. The molecule has 0 saturated carbocycles. The van der Waals surface area contributed by atoms with Crippen LogP contribution in [0.1, 0.15) is 18.9 Å². The van der Waals surface area contributed by atoms with Gasteiger partial charge in [-0.1, -0.05) is 18.2 Å². The summed E-state index contributed by atoms with van der Waals surface area (Å²) in [5.74, 6) is 0. The van der Waals surface area contributed by atoms with Crippen LogP contribution in [0, 0.1) is 0 Å². The Morgan fingerprint density at radius 1 is 1.40 bits per heavy atom. The number of nitrogens with zero attached hydrogens (tertiary/aromatic N) is 1. The van der Waals surface area contributed by atoms with Gasteiger partial charge in [0.15, 0.2) is 0 Å². The van der Waals surface area contributed by atoms with Gasteiger partial charge in [0.05, 0.1) is 11.0 Å². The minimum absolute atomic E-state index is 0.0660. The summed E-state index contributed by atoms with van der Waals surface area (Å²) >= 11 is 0. The third-order valence-corrected chi connectivity index (χ3v) is 5.34. The highest BCUT2D eigenvalue weighted by Crippen LogP contribution is 2.22. The maximum absolute atomic E-state index is 12.8. The second-order valence-corrected chi connectivity index (χ2v) is 6.94. The minimum Gasteiger partial charge on any atom is -0.377 e. The molecule has 6 heteroatoms. The molecule has 1 aromatic rings. The summed E-state index contributed by atoms with van der Waals surface area (Å²) < 4.78 is 32.7. The largest absolute Gasteiger partial charge is 0.377 e. The van der Waals surface area contributed by atoms with Crippen molar-refractivity contribution in [2.45, 2.75) is 30.9 Å². The van der Waals surface area contributed by atoms with Crippen molar-refractivity contribution in [1.82, 2.24) is 9.62 Å². The summed E-state index contributed by atoms with van der Waals surface area (Å²) in [4.78, 5) is 0.392. The van der Waals surface area contributed by atoms with Crippen LogP contribution < -0.4 is 5.32 Å². The molecule has 2 rings (SSSR count). The van der Waals surface area contributed by atoms with Gasteiger partial charge in [-0.3, -0.25) is 0 Å². The Hall–Kier alpha value is -0.950. The number of ether oxygens (including phenoxy) is 1. The Kier molecular flexibility index (Phi) is 5.15. The van der Waals surface area contributed by atoms with Crippen LogP contribution in [0.25, 0.3) is 0 Å². The fourth-order valence-corrected chi connectivity index (χ4v) is 4.18. The van der Waals surface area contributed by atoms with E-state index < -0.39 is 10.0 Å². The zero-order valence-corrected chi connectivity index (χ0v) is 12.8. The van der Waals surface area contributed by atoms with Gasteiger partial charge in [0.2, 0.25) is 10.0 Å². The van der Waals surface area contributed by atoms with Gasteiger partial charge in [0.1, 0.15) is 0 Å². The number of rotatable bonds is 4. The Morgan fingerprint density at radius 3 is 2.90 bits per heavy atom.